The highest BCUT2D eigenvalue weighted by atomic mass is 16.5. The zero-order chi connectivity index (χ0) is 23.7. The molecule has 1 atom stereocenters. The molecule has 170 valence electrons. The number of para-hydroxylation sites is 2. The molecule has 1 aliphatic rings. The van der Waals surface area contributed by atoms with Crippen LogP contribution in [0.25, 0.3) is 28.5 Å². The van der Waals surface area contributed by atoms with Crippen LogP contribution < -0.4 is 5.32 Å². The van der Waals surface area contributed by atoms with E-state index in [1.165, 1.54) is 0 Å². The molecular formula is C25H20N4O5. The molecule has 1 aromatic heterocycles. The van der Waals surface area contributed by atoms with E-state index in [9.17, 15) is 19.8 Å². The van der Waals surface area contributed by atoms with Gasteiger partial charge in [0, 0.05) is 5.56 Å². The number of cyclic esters (lactones) is 1. The average Bonchev–Trinajstić information content (AvgIpc) is 3.46. The molecule has 34 heavy (non-hydrogen) atoms. The Morgan fingerprint density at radius 1 is 0.941 bits per heavy atom. The van der Waals surface area contributed by atoms with Gasteiger partial charge in [-0.2, -0.15) is 0 Å². The lowest BCUT2D eigenvalue weighted by molar-refractivity contribution is -0.137. The molecule has 3 N–H and O–H groups in total. The van der Waals surface area contributed by atoms with Gasteiger partial charge in [-0.05, 0) is 48.5 Å². The number of rotatable bonds is 5. The highest BCUT2D eigenvalue weighted by Crippen LogP contribution is 2.33. The van der Waals surface area contributed by atoms with Crippen molar-refractivity contribution in [1.29, 1.82) is 0 Å². The maximum Gasteiger partial charge on any atom is 0.308 e. The van der Waals surface area contributed by atoms with Crippen molar-refractivity contribution in [3.8, 4) is 40.0 Å². The molecule has 3 aromatic carbocycles. The number of carbonyl (C=O) groups excluding carboxylic acids is 2. The number of aromatic nitrogens is 3. The minimum atomic E-state index is -0.344. The molecular weight excluding hydrogens is 436 g/mol. The van der Waals surface area contributed by atoms with Crippen molar-refractivity contribution in [2.75, 3.05) is 6.61 Å². The van der Waals surface area contributed by atoms with Crippen LogP contribution in [-0.4, -0.2) is 49.5 Å². The highest BCUT2D eigenvalue weighted by molar-refractivity contribution is 5.95. The van der Waals surface area contributed by atoms with Crippen LogP contribution in [0.1, 0.15) is 16.8 Å². The van der Waals surface area contributed by atoms with E-state index in [1.807, 2.05) is 0 Å². The molecule has 0 saturated carbocycles. The van der Waals surface area contributed by atoms with Crippen LogP contribution in [0.4, 0.5) is 0 Å². The fourth-order valence-electron chi connectivity index (χ4n) is 3.73. The molecule has 1 fully saturated rings. The van der Waals surface area contributed by atoms with Gasteiger partial charge in [-0.3, -0.25) is 9.59 Å². The molecule has 9 heteroatoms. The van der Waals surface area contributed by atoms with Crippen LogP contribution in [0.2, 0.25) is 0 Å². The number of carbonyl (C=O) groups is 2. The molecule has 9 nitrogen and oxygen atoms in total. The van der Waals surface area contributed by atoms with Gasteiger partial charge in [0.05, 0.1) is 29.3 Å². The molecule has 1 saturated heterocycles. The largest absolute Gasteiger partial charge is 0.507 e. The average molecular weight is 456 g/mol. The van der Waals surface area contributed by atoms with Gasteiger partial charge in [0.2, 0.25) is 0 Å². The summed E-state index contributed by atoms with van der Waals surface area (Å²) in [5.41, 5.74) is 1.92. The molecule has 2 heterocycles. The van der Waals surface area contributed by atoms with E-state index in [1.54, 1.807) is 77.5 Å². The van der Waals surface area contributed by atoms with E-state index in [0.717, 1.165) is 0 Å². The van der Waals surface area contributed by atoms with Gasteiger partial charge < -0.3 is 20.3 Å². The van der Waals surface area contributed by atoms with E-state index >= 15 is 0 Å². The predicted octanol–water partition coefficient (Wildman–Crippen LogP) is 3.06. The summed E-state index contributed by atoms with van der Waals surface area (Å²) in [6.45, 7) is 0.167. The Labute approximate surface area is 194 Å². The Morgan fingerprint density at radius 3 is 2.21 bits per heavy atom. The Bertz CT molecular complexity index is 1380. The van der Waals surface area contributed by atoms with Gasteiger partial charge in [-0.25, -0.2) is 9.67 Å². The summed E-state index contributed by atoms with van der Waals surface area (Å²) in [4.78, 5) is 28.4. The third-order valence-electron chi connectivity index (χ3n) is 5.46. The molecule has 1 aliphatic heterocycles. The summed E-state index contributed by atoms with van der Waals surface area (Å²) in [6.07, 6.45) is 0.155. The summed E-state index contributed by atoms with van der Waals surface area (Å²) in [7, 11) is 0. The van der Waals surface area contributed by atoms with Gasteiger partial charge in [0.1, 0.15) is 18.1 Å². The van der Waals surface area contributed by atoms with Crippen LogP contribution in [-0.2, 0) is 9.53 Å². The first-order valence-corrected chi connectivity index (χ1v) is 10.6. The second-order valence-electron chi connectivity index (χ2n) is 7.81. The van der Waals surface area contributed by atoms with Crippen molar-refractivity contribution in [2.24, 2.45) is 0 Å². The van der Waals surface area contributed by atoms with E-state index in [-0.39, 0.29) is 48.3 Å². The second-order valence-corrected chi connectivity index (χ2v) is 7.81. The number of nitrogens with zero attached hydrogens (tertiary/aromatic N) is 3. The molecule has 0 aliphatic carbocycles. The number of hydrogen-bond acceptors (Lipinski definition) is 7. The first-order valence-electron chi connectivity index (χ1n) is 10.6. The van der Waals surface area contributed by atoms with Crippen molar-refractivity contribution in [3.05, 3.63) is 78.4 Å². The first-order chi connectivity index (χ1) is 16.5. The SMILES string of the molecule is O=C1C[C@H](NC(=O)c2ccc(-n3nc(-c4ccccc4O)nc3-c3ccccc3O)cc2)CO1. The lowest BCUT2D eigenvalue weighted by Crippen LogP contribution is -2.35. The third-order valence-corrected chi connectivity index (χ3v) is 5.46. The maximum absolute atomic E-state index is 12.5. The monoisotopic (exact) mass is 456 g/mol. The molecule has 5 rings (SSSR count). The number of ether oxygens (including phenoxy) is 1. The zero-order valence-electron chi connectivity index (χ0n) is 17.9. The fraction of sp³-hybridized carbons (Fsp3) is 0.120. The summed E-state index contributed by atoms with van der Waals surface area (Å²) < 4.78 is 6.42. The van der Waals surface area contributed by atoms with Crippen LogP contribution >= 0.6 is 0 Å². The van der Waals surface area contributed by atoms with E-state index in [0.29, 0.717) is 28.2 Å². The Kier molecular flexibility index (Phi) is 5.43. The maximum atomic E-state index is 12.5. The van der Waals surface area contributed by atoms with E-state index in [4.69, 9.17) is 4.74 Å². The summed E-state index contributed by atoms with van der Waals surface area (Å²) in [6, 6.07) is 19.8. The van der Waals surface area contributed by atoms with Crippen LogP contribution in [0.5, 0.6) is 11.5 Å². The smallest absolute Gasteiger partial charge is 0.308 e. The predicted molar refractivity (Wildman–Crippen MR) is 122 cm³/mol. The lowest BCUT2D eigenvalue weighted by Gasteiger charge is -2.11. The topological polar surface area (TPSA) is 127 Å². The van der Waals surface area contributed by atoms with Crippen molar-refractivity contribution in [3.63, 3.8) is 0 Å². The van der Waals surface area contributed by atoms with Crippen LogP contribution in [0.15, 0.2) is 72.8 Å². The minimum absolute atomic E-state index is 0.0318. The number of aromatic hydroxyl groups is 2. The molecule has 0 spiro atoms. The zero-order valence-corrected chi connectivity index (χ0v) is 17.9. The molecule has 0 unspecified atom stereocenters. The number of nitrogens with one attached hydrogen (secondary N) is 1. The summed E-state index contributed by atoms with van der Waals surface area (Å²) >= 11 is 0. The fourth-order valence-corrected chi connectivity index (χ4v) is 3.73. The molecule has 0 bridgehead atoms. The number of benzene rings is 3. The Balaban J connectivity index is 1.51. The second kappa shape index (κ2) is 8.70. The number of amides is 1. The minimum Gasteiger partial charge on any atom is -0.507 e. The van der Waals surface area contributed by atoms with Gasteiger partial charge >= 0.3 is 5.97 Å². The summed E-state index contributed by atoms with van der Waals surface area (Å²) in [5, 5.41) is 28.1. The van der Waals surface area contributed by atoms with Gasteiger partial charge in [-0.15, -0.1) is 5.10 Å². The standard InChI is InChI=1S/C25H20N4O5/c30-20-7-3-1-5-18(20)23-27-24(19-6-2-4-8-21(19)31)29(28-23)17-11-9-15(10-12-17)25(33)26-16-13-22(32)34-14-16/h1-12,16,30-31H,13-14H2,(H,26,33)/t16-/m0/s1. The number of esters is 1. The van der Waals surface area contributed by atoms with E-state index in [2.05, 4.69) is 15.4 Å². The van der Waals surface area contributed by atoms with Crippen molar-refractivity contribution in [1.82, 2.24) is 20.1 Å². The highest BCUT2D eigenvalue weighted by Gasteiger charge is 2.25. The Morgan fingerprint density at radius 2 is 1.59 bits per heavy atom. The molecule has 4 aromatic rings. The lowest BCUT2D eigenvalue weighted by atomic mass is 10.1. The van der Waals surface area contributed by atoms with E-state index < -0.39 is 0 Å². The quantitative estimate of drug-likeness (QED) is 0.394. The van der Waals surface area contributed by atoms with Crippen molar-refractivity contribution in [2.45, 2.75) is 12.5 Å². The third kappa shape index (κ3) is 4.06. The summed E-state index contributed by atoms with van der Waals surface area (Å²) in [5.74, 6) is 0.0708. The number of phenolic OH excluding ortho intramolecular Hbond substituents is 2. The number of phenols is 2. The molecule has 1 amide bonds. The van der Waals surface area contributed by atoms with Crippen molar-refractivity contribution < 1.29 is 24.5 Å². The Hall–Kier alpha value is -4.66. The molecule has 0 radical (unpaired) electrons. The first kappa shape index (κ1) is 21.2. The number of hydrogen-bond donors (Lipinski definition) is 3. The van der Waals surface area contributed by atoms with Gasteiger partial charge in [0.25, 0.3) is 5.91 Å². The van der Waals surface area contributed by atoms with Gasteiger partial charge in [-0.1, -0.05) is 24.3 Å². The van der Waals surface area contributed by atoms with Crippen LogP contribution in [0.3, 0.4) is 0 Å². The van der Waals surface area contributed by atoms with Crippen molar-refractivity contribution >= 4 is 11.9 Å². The van der Waals surface area contributed by atoms with Gasteiger partial charge in [0.15, 0.2) is 11.6 Å². The normalized spacial score (nSPS) is 15.2. The van der Waals surface area contributed by atoms with Crippen LogP contribution in [0, 0.1) is 0 Å².